The molecule has 7 nitrogen and oxygen atoms in total. The molecule has 4 N–H and O–H groups in total. The van der Waals surface area contributed by atoms with Crippen molar-refractivity contribution in [1.29, 1.82) is 0 Å². The second kappa shape index (κ2) is 21.1. The van der Waals surface area contributed by atoms with Crippen LogP contribution in [-0.4, -0.2) is 64.0 Å². The highest BCUT2D eigenvalue weighted by Gasteiger charge is 2.28. The molecule has 1 atom stereocenters. The number of allylic oxidation sites excluding steroid dienone is 5. The molecule has 1 saturated heterocycles. The second-order valence-corrected chi connectivity index (χ2v) is 11.5. The van der Waals surface area contributed by atoms with Crippen molar-refractivity contribution in [3.8, 4) is 0 Å². The molecule has 5 rings (SSSR count). The molecule has 0 saturated carbocycles. The summed E-state index contributed by atoms with van der Waals surface area (Å²) >= 11 is 0. The molecule has 3 aromatic carbocycles. The summed E-state index contributed by atoms with van der Waals surface area (Å²) in [5.41, 5.74) is 14.8. The largest absolute Gasteiger partial charge is 0.388 e. The van der Waals surface area contributed by atoms with Crippen LogP contribution in [0.15, 0.2) is 132 Å². The Morgan fingerprint density at radius 3 is 2.38 bits per heavy atom. The maximum atomic E-state index is 10.4. The lowest BCUT2D eigenvalue weighted by Crippen LogP contribution is -2.22. The van der Waals surface area contributed by atoms with Gasteiger partial charge in [0.05, 0.1) is 5.71 Å². The number of hydrogen-bond donors (Lipinski definition) is 3. The molecule has 48 heavy (non-hydrogen) atoms. The molecule has 2 aliphatic rings. The standard InChI is InChI=1S/C26H32N4.C14H15NO.CH5N/c1-27-19-21-18-25(20-10-12-22(28-2)13-11-20)23-8-3-4-9-24(23)26(21)29-14-7-17-30-15-5-6-16-30;1-3-7-12(4-2)10-13-8-5-6-9-14(13)15-11-16;1-2/h3-4,8-13,19,25,28H,1,5-7,14-18H2,2H3;3-9,11H,1-2,10H2,(H,15,16);2H2,1H3/b21-19-,29-26?;12-7+;. The molecular formula is C41H52N6O. The van der Waals surface area contributed by atoms with Gasteiger partial charge in [0, 0.05) is 42.6 Å². The molecule has 7 heteroatoms. The van der Waals surface area contributed by atoms with E-state index in [0.717, 1.165) is 60.6 Å². The summed E-state index contributed by atoms with van der Waals surface area (Å²) in [5.74, 6) is 0.309. The van der Waals surface area contributed by atoms with Crippen molar-refractivity contribution in [3.05, 3.63) is 144 Å². The second-order valence-electron chi connectivity index (χ2n) is 11.5. The number of nitrogens with two attached hydrogens (primary N) is 1. The van der Waals surface area contributed by atoms with Crippen LogP contribution in [0, 0.1) is 0 Å². The molecular weight excluding hydrogens is 592 g/mol. The molecule has 1 amide bonds. The molecule has 0 radical (unpaired) electrons. The zero-order chi connectivity index (χ0) is 34.6. The Balaban J connectivity index is 0.000000294. The molecule has 0 aromatic heterocycles. The number of para-hydroxylation sites is 1. The molecule has 1 unspecified atom stereocenters. The summed E-state index contributed by atoms with van der Waals surface area (Å²) < 4.78 is 0. The number of rotatable bonds is 13. The van der Waals surface area contributed by atoms with Gasteiger partial charge < -0.3 is 21.3 Å². The first kappa shape index (κ1) is 37.6. The van der Waals surface area contributed by atoms with Crippen molar-refractivity contribution in [2.75, 3.05) is 50.9 Å². The van der Waals surface area contributed by atoms with E-state index in [0.29, 0.717) is 12.3 Å². The van der Waals surface area contributed by atoms with Crippen molar-refractivity contribution in [2.24, 2.45) is 15.7 Å². The molecule has 3 aromatic rings. The Labute approximate surface area is 287 Å². The van der Waals surface area contributed by atoms with Crippen LogP contribution in [0.2, 0.25) is 0 Å². The quantitative estimate of drug-likeness (QED) is 0.0766. The zero-order valence-electron chi connectivity index (χ0n) is 28.7. The van der Waals surface area contributed by atoms with Crippen molar-refractivity contribution >= 4 is 30.2 Å². The topological polar surface area (TPSA) is 95.1 Å². The van der Waals surface area contributed by atoms with E-state index < -0.39 is 0 Å². The third-order valence-corrected chi connectivity index (χ3v) is 8.49. The van der Waals surface area contributed by atoms with Crippen LogP contribution in [0.4, 0.5) is 11.4 Å². The average Bonchev–Trinajstić information content (AvgIpc) is 3.66. The van der Waals surface area contributed by atoms with Gasteiger partial charge in [0.1, 0.15) is 0 Å². The molecule has 0 spiro atoms. The summed E-state index contributed by atoms with van der Waals surface area (Å²) in [6.07, 6.45) is 13.4. The minimum Gasteiger partial charge on any atom is -0.388 e. The molecule has 0 bridgehead atoms. The molecule has 1 fully saturated rings. The summed E-state index contributed by atoms with van der Waals surface area (Å²) in [5, 5.41) is 5.88. The van der Waals surface area contributed by atoms with E-state index in [1.807, 2.05) is 43.6 Å². The number of hydrogen-bond acceptors (Lipinski definition) is 6. The number of amides is 1. The van der Waals surface area contributed by atoms with Gasteiger partial charge in [-0.1, -0.05) is 86.0 Å². The number of benzene rings is 3. The smallest absolute Gasteiger partial charge is 0.211 e. The summed E-state index contributed by atoms with van der Waals surface area (Å²) in [4.78, 5) is 22.2. The number of carbonyl (C=O) groups excluding carboxylic acids is 1. The molecule has 1 heterocycles. The molecule has 1 aliphatic carbocycles. The van der Waals surface area contributed by atoms with Gasteiger partial charge in [-0.3, -0.25) is 14.8 Å². The third kappa shape index (κ3) is 10.9. The van der Waals surface area contributed by atoms with E-state index in [2.05, 4.69) is 94.7 Å². The van der Waals surface area contributed by atoms with E-state index >= 15 is 0 Å². The van der Waals surface area contributed by atoms with Crippen molar-refractivity contribution in [3.63, 3.8) is 0 Å². The average molecular weight is 645 g/mol. The van der Waals surface area contributed by atoms with E-state index in [1.54, 1.807) is 12.2 Å². The van der Waals surface area contributed by atoms with Crippen molar-refractivity contribution < 1.29 is 4.79 Å². The zero-order valence-corrected chi connectivity index (χ0v) is 28.7. The number of aliphatic imine (C=N–C) groups is 2. The van der Waals surface area contributed by atoms with Crippen LogP contribution in [0.3, 0.4) is 0 Å². The Kier molecular flexibility index (Phi) is 16.5. The predicted octanol–water partition coefficient (Wildman–Crippen LogP) is 7.79. The van der Waals surface area contributed by atoms with Crippen LogP contribution in [-0.2, 0) is 11.2 Å². The lowest BCUT2D eigenvalue weighted by molar-refractivity contribution is -0.105. The van der Waals surface area contributed by atoms with Crippen LogP contribution in [0.1, 0.15) is 53.9 Å². The first-order chi connectivity index (χ1) is 23.6. The molecule has 1 aliphatic heterocycles. The lowest BCUT2D eigenvalue weighted by Gasteiger charge is -2.29. The van der Waals surface area contributed by atoms with Gasteiger partial charge in [0.15, 0.2) is 0 Å². The summed E-state index contributed by atoms with van der Waals surface area (Å²) in [7, 11) is 3.45. The fourth-order valence-corrected chi connectivity index (χ4v) is 6.15. The van der Waals surface area contributed by atoms with Gasteiger partial charge in [0.25, 0.3) is 0 Å². The van der Waals surface area contributed by atoms with Gasteiger partial charge in [0.2, 0.25) is 6.41 Å². The highest BCUT2D eigenvalue weighted by atomic mass is 16.1. The predicted molar refractivity (Wildman–Crippen MR) is 207 cm³/mol. The fraction of sp³-hybridized carbons (Fsp3) is 0.293. The maximum absolute atomic E-state index is 10.4. The Morgan fingerprint density at radius 1 is 1.00 bits per heavy atom. The number of fused-ring (bicyclic) bond motifs is 1. The van der Waals surface area contributed by atoms with E-state index in [1.165, 1.54) is 55.2 Å². The normalized spacial score (nSPS) is 17.2. The van der Waals surface area contributed by atoms with Crippen molar-refractivity contribution in [2.45, 2.75) is 38.0 Å². The van der Waals surface area contributed by atoms with Gasteiger partial charge in [-0.25, -0.2) is 0 Å². The van der Waals surface area contributed by atoms with Gasteiger partial charge in [-0.15, -0.1) is 0 Å². The molecule has 252 valence electrons. The Bertz CT molecular complexity index is 1560. The summed E-state index contributed by atoms with van der Waals surface area (Å²) in [6, 6.07) is 25.1. The number of carbonyl (C=O) groups is 1. The fourth-order valence-electron chi connectivity index (χ4n) is 6.15. The van der Waals surface area contributed by atoms with E-state index in [-0.39, 0.29) is 0 Å². The lowest BCUT2D eigenvalue weighted by atomic mass is 9.75. The Hall–Kier alpha value is -4.85. The van der Waals surface area contributed by atoms with Crippen LogP contribution in [0.25, 0.3) is 0 Å². The third-order valence-electron chi connectivity index (χ3n) is 8.49. The minimum absolute atomic E-state index is 0.309. The number of nitrogens with zero attached hydrogens (tertiary/aromatic N) is 3. The number of nitrogens with one attached hydrogen (secondary N) is 2. The maximum Gasteiger partial charge on any atom is 0.211 e. The van der Waals surface area contributed by atoms with E-state index in [9.17, 15) is 4.79 Å². The monoisotopic (exact) mass is 644 g/mol. The van der Waals surface area contributed by atoms with Crippen LogP contribution in [0.5, 0.6) is 0 Å². The van der Waals surface area contributed by atoms with Crippen molar-refractivity contribution in [1.82, 2.24) is 4.90 Å². The number of likely N-dealkylation sites (tertiary alicyclic amines) is 1. The van der Waals surface area contributed by atoms with Gasteiger partial charge in [-0.05, 0) is 112 Å². The highest BCUT2D eigenvalue weighted by molar-refractivity contribution is 6.15. The van der Waals surface area contributed by atoms with E-state index in [4.69, 9.17) is 4.99 Å². The Morgan fingerprint density at radius 2 is 1.71 bits per heavy atom. The number of anilines is 2. The SMILES string of the molecule is C=C/C=C(\C=C)Cc1ccccc1NC=O.C=N/C=C1/CC(c2ccc(NC)cc2)c2ccccc2C1=NCCCN1CCCC1.CN. The highest BCUT2D eigenvalue weighted by Crippen LogP contribution is 2.39. The first-order valence-electron chi connectivity index (χ1n) is 16.7. The van der Waals surface area contributed by atoms with Crippen LogP contribution < -0.4 is 16.4 Å². The summed E-state index contributed by atoms with van der Waals surface area (Å²) in [6.45, 7) is 15.6. The first-order valence-corrected chi connectivity index (χ1v) is 16.7. The van der Waals surface area contributed by atoms with Gasteiger partial charge in [-0.2, -0.15) is 0 Å². The minimum atomic E-state index is 0.309. The van der Waals surface area contributed by atoms with Gasteiger partial charge >= 0.3 is 0 Å². The van der Waals surface area contributed by atoms with Crippen LogP contribution >= 0.6 is 0 Å².